The zero-order valence-electron chi connectivity index (χ0n) is 15.5. The molecule has 0 aliphatic heterocycles. The topological polar surface area (TPSA) is 64.0 Å². The molecule has 1 amide bonds. The second-order valence-electron chi connectivity index (χ2n) is 6.81. The van der Waals surface area contributed by atoms with Crippen molar-refractivity contribution in [1.29, 1.82) is 0 Å². The van der Waals surface area contributed by atoms with E-state index in [4.69, 9.17) is 4.98 Å². The van der Waals surface area contributed by atoms with Gasteiger partial charge in [-0.15, -0.1) is 17.9 Å². The molecule has 0 saturated heterocycles. The number of nitrogens with one attached hydrogen (secondary N) is 1. The average Bonchev–Trinajstić information content (AvgIpc) is 3.19. The Morgan fingerprint density at radius 2 is 2.15 bits per heavy atom. The lowest BCUT2D eigenvalue weighted by molar-refractivity contribution is -0.120. The van der Waals surface area contributed by atoms with Crippen LogP contribution in [0.15, 0.2) is 22.6 Å². The van der Waals surface area contributed by atoms with Crippen LogP contribution in [-0.2, 0) is 11.3 Å². The van der Waals surface area contributed by atoms with Gasteiger partial charge >= 0.3 is 0 Å². The van der Waals surface area contributed by atoms with Gasteiger partial charge in [0, 0.05) is 17.5 Å². The molecule has 1 aliphatic carbocycles. The minimum atomic E-state index is -0.307. The lowest BCUT2D eigenvalue weighted by Crippen LogP contribution is -2.38. The Hall–Kier alpha value is -1.60. The Morgan fingerprint density at radius 1 is 1.46 bits per heavy atom. The monoisotopic (exact) mass is 391 g/mol. The quantitative estimate of drug-likeness (QED) is 0.462. The molecule has 0 spiro atoms. The molecule has 0 aromatic carbocycles. The van der Waals surface area contributed by atoms with Crippen molar-refractivity contribution < 1.29 is 4.79 Å². The minimum absolute atomic E-state index is 0.0138. The molecule has 1 atom stereocenters. The zero-order chi connectivity index (χ0) is 18.8. The predicted molar refractivity (Wildman–Crippen MR) is 109 cm³/mol. The average molecular weight is 392 g/mol. The van der Waals surface area contributed by atoms with Gasteiger partial charge in [0.15, 0.2) is 5.16 Å². The van der Waals surface area contributed by atoms with E-state index in [1.165, 1.54) is 35.9 Å². The molecular formula is C19H25N3O2S2. The molecule has 5 nitrogen and oxygen atoms in total. The van der Waals surface area contributed by atoms with Gasteiger partial charge in [-0.1, -0.05) is 30.7 Å². The number of hydrogen-bond donors (Lipinski definition) is 1. The standard InChI is InChI=1S/C19H25N3O2S2/c1-5-10-22-18(24)15-11(2)12(3)25-17(15)21-19(22)26-13(4)16(23)20-14-8-6-7-9-14/h5,13-14H,1,6-10H2,2-4H3,(H,20,23). The Bertz CT molecular complexity index is 894. The highest BCUT2D eigenvalue weighted by Crippen LogP contribution is 2.30. The number of carbonyl (C=O) groups excluding carboxylic acids is 1. The SMILES string of the molecule is C=CCn1c(SC(C)C(=O)NC2CCCC2)nc2sc(C)c(C)c2c1=O. The fraction of sp³-hybridized carbons (Fsp3) is 0.526. The maximum Gasteiger partial charge on any atom is 0.263 e. The summed E-state index contributed by atoms with van der Waals surface area (Å²) >= 11 is 2.88. The van der Waals surface area contributed by atoms with Crippen molar-refractivity contribution in [1.82, 2.24) is 14.9 Å². The molecule has 1 unspecified atom stereocenters. The second-order valence-corrected chi connectivity index (χ2v) is 9.32. The molecule has 1 saturated carbocycles. The van der Waals surface area contributed by atoms with E-state index in [1.807, 2.05) is 20.8 Å². The molecular weight excluding hydrogens is 366 g/mol. The van der Waals surface area contributed by atoms with E-state index in [-0.39, 0.29) is 16.7 Å². The van der Waals surface area contributed by atoms with E-state index in [0.717, 1.165) is 28.1 Å². The Balaban J connectivity index is 1.90. The summed E-state index contributed by atoms with van der Waals surface area (Å²) in [5.74, 6) is 0.0138. The normalized spacial score (nSPS) is 16.1. The van der Waals surface area contributed by atoms with E-state index in [0.29, 0.717) is 23.1 Å². The van der Waals surface area contributed by atoms with Crippen molar-refractivity contribution in [2.75, 3.05) is 0 Å². The number of aryl methyl sites for hydroxylation is 2. The van der Waals surface area contributed by atoms with Crippen LogP contribution in [0.5, 0.6) is 0 Å². The third-order valence-corrected chi connectivity index (χ3v) is 7.11. The maximum atomic E-state index is 13.0. The zero-order valence-corrected chi connectivity index (χ0v) is 17.1. The lowest BCUT2D eigenvalue weighted by atomic mass is 10.2. The molecule has 2 aromatic heterocycles. The molecule has 3 rings (SSSR count). The fourth-order valence-electron chi connectivity index (χ4n) is 3.29. The number of thiophene rings is 1. The number of allylic oxidation sites excluding steroid dienone is 1. The van der Waals surface area contributed by atoms with Gasteiger partial charge < -0.3 is 5.32 Å². The summed E-state index contributed by atoms with van der Waals surface area (Å²) in [6.07, 6.45) is 6.17. The Kier molecular flexibility index (Phi) is 5.87. The number of hydrogen-bond acceptors (Lipinski definition) is 5. The van der Waals surface area contributed by atoms with Crippen molar-refractivity contribution in [3.8, 4) is 0 Å². The van der Waals surface area contributed by atoms with Gasteiger partial charge in [-0.25, -0.2) is 4.98 Å². The number of thioether (sulfide) groups is 1. The first-order valence-corrected chi connectivity index (χ1v) is 10.7. The van der Waals surface area contributed by atoms with Crippen LogP contribution >= 0.6 is 23.1 Å². The van der Waals surface area contributed by atoms with E-state index in [1.54, 1.807) is 10.6 Å². The summed E-state index contributed by atoms with van der Waals surface area (Å²) in [4.78, 5) is 32.0. The van der Waals surface area contributed by atoms with E-state index < -0.39 is 0 Å². The molecule has 26 heavy (non-hydrogen) atoms. The van der Waals surface area contributed by atoms with Gasteiger partial charge in [0.25, 0.3) is 5.56 Å². The fourth-order valence-corrected chi connectivity index (χ4v) is 5.29. The molecule has 2 aromatic rings. The summed E-state index contributed by atoms with van der Waals surface area (Å²) < 4.78 is 1.62. The van der Waals surface area contributed by atoms with Gasteiger partial charge in [0.2, 0.25) is 5.91 Å². The summed E-state index contributed by atoms with van der Waals surface area (Å²) in [5, 5.41) is 4.08. The van der Waals surface area contributed by atoms with Crippen LogP contribution in [0.3, 0.4) is 0 Å². The molecule has 2 heterocycles. The van der Waals surface area contributed by atoms with Crippen LogP contribution in [0.1, 0.15) is 43.0 Å². The van der Waals surface area contributed by atoms with Gasteiger partial charge in [-0.3, -0.25) is 14.2 Å². The number of rotatable bonds is 6. The van der Waals surface area contributed by atoms with Crippen LogP contribution in [0.25, 0.3) is 10.2 Å². The number of amides is 1. The summed E-state index contributed by atoms with van der Waals surface area (Å²) in [5.41, 5.74) is 0.937. The summed E-state index contributed by atoms with van der Waals surface area (Å²) in [6, 6.07) is 0.291. The lowest BCUT2D eigenvalue weighted by Gasteiger charge is -2.17. The Morgan fingerprint density at radius 3 is 2.81 bits per heavy atom. The first-order chi connectivity index (χ1) is 12.4. The predicted octanol–water partition coefficient (Wildman–Crippen LogP) is 3.80. The van der Waals surface area contributed by atoms with Gasteiger partial charge in [0.1, 0.15) is 4.83 Å². The molecule has 1 fully saturated rings. The number of fused-ring (bicyclic) bond motifs is 1. The van der Waals surface area contributed by atoms with Gasteiger partial charge in [-0.2, -0.15) is 0 Å². The molecule has 1 aliphatic rings. The van der Waals surface area contributed by atoms with Crippen molar-refractivity contribution in [2.45, 2.75) is 69.4 Å². The van der Waals surface area contributed by atoms with Crippen molar-refractivity contribution in [3.63, 3.8) is 0 Å². The molecule has 1 N–H and O–H groups in total. The highest BCUT2D eigenvalue weighted by atomic mass is 32.2. The first-order valence-electron chi connectivity index (χ1n) is 9.00. The number of nitrogens with zero attached hydrogens (tertiary/aromatic N) is 2. The van der Waals surface area contributed by atoms with Crippen LogP contribution in [-0.4, -0.2) is 26.8 Å². The van der Waals surface area contributed by atoms with E-state index in [2.05, 4.69) is 11.9 Å². The van der Waals surface area contributed by atoms with Gasteiger partial charge in [-0.05, 0) is 39.2 Å². The minimum Gasteiger partial charge on any atom is -0.352 e. The van der Waals surface area contributed by atoms with Crippen LogP contribution in [0.4, 0.5) is 0 Å². The summed E-state index contributed by atoms with van der Waals surface area (Å²) in [7, 11) is 0. The van der Waals surface area contributed by atoms with E-state index >= 15 is 0 Å². The van der Waals surface area contributed by atoms with Crippen LogP contribution in [0.2, 0.25) is 0 Å². The van der Waals surface area contributed by atoms with Gasteiger partial charge in [0.05, 0.1) is 10.6 Å². The van der Waals surface area contributed by atoms with Crippen molar-refractivity contribution >= 4 is 39.2 Å². The smallest absolute Gasteiger partial charge is 0.263 e. The third-order valence-electron chi connectivity index (χ3n) is 4.92. The highest BCUT2D eigenvalue weighted by Gasteiger charge is 2.24. The largest absolute Gasteiger partial charge is 0.352 e. The summed E-state index contributed by atoms with van der Waals surface area (Å²) in [6.45, 7) is 9.97. The van der Waals surface area contributed by atoms with Crippen molar-refractivity contribution in [3.05, 3.63) is 33.4 Å². The molecule has 140 valence electrons. The Labute approximate surface area is 161 Å². The van der Waals surface area contributed by atoms with E-state index in [9.17, 15) is 9.59 Å². The molecule has 0 radical (unpaired) electrons. The second kappa shape index (κ2) is 7.96. The maximum absolute atomic E-state index is 13.0. The van der Waals surface area contributed by atoms with Crippen molar-refractivity contribution in [2.24, 2.45) is 0 Å². The molecule has 0 bridgehead atoms. The third kappa shape index (κ3) is 3.74. The van der Waals surface area contributed by atoms with Crippen LogP contribution in [0, 0.1) is 13.8 Å². The number of aromatic nitrogens is 2. The first kappa shape index (κ1) is 19.2. The highest BCUT2D eigenvalue weighted by molar-refractivity contribution is 8.00. The number of carbonyl (C=O) groups is 1. The molecule has 7 heteroatoms. The van der Waals surface area contributed by atoms with Crippen LogP contribution < -0.4 is 10.9 Å².